The monoisotopic (exact) mass is 469 g/mol. The maximum Gasteiger partial charge on any atom is 0.240 e. The van der Waals surface area contributed by atoms with Gasteiger partial charge < -0.3 is 10.2 Å². The SMILES string of the molecule is Cc1ccc(S(=O)(=O)NCCC(=O)Nc2ccc(N3CCc4sccc4C3)cc2)cc1C. The van der Waals surface area contributed by atoms with Gasteiger partial charge in [0, 0.05) is 42.3 Å². The van der Waals surface area contributed by atoms with Gasteiger partial charge in [-0.3, -0.25) is 4.79 Å². The number of fused-ring (bicyclic) bond motifs is 1. The third-order valence-electron chi connectivity index (χ3n) is 5.76. The van der Waals surface area contributed by atoms with Crippen LogP contribution in [0, 0.1) is 13.8 Å². The molecule has 0 bridgehead atoms. The van der Waals surface area contributed by atoms with Gasteiger partial charge in [-0.25, -0.2) is 13.1 Å². The molecule has 1 amide bonds. The first kappa shape index (κ1) is 22.5. The summed E-state index contributed by atoms with van der Waals surface area (Å²) in [4.78, 5) is 16.3. The highest BCUT2D eigenvalue weighted by atomic mass is 32.2. The smallest absolute Gasteiger partial charge is 0.240 e. The Morgan fingerprint density at radius 3 is 2.59 bits per heavy atom. The van der Waals surface area contributed by atoms with Crippen molar-refractivity contribution in [2.45, 2.75) is 38.1 Å². The molecule has 32 heavy (non-hydrogen) atoms. The molecule has 3 aromatic rings. The first-order chi connectivity index (χ1) is 15.3. The van der Waals surface area contributed by atoms with E-state index >= 15 is 0 Å². The fourth-order valence-electron chi connectivity index (χ4n) is 3.71. The van der Waals surface area contributed by atoms with Crippen LogP contribution in [-0.4, -0.2) is 27.4 Å². The molecule has 1 aliphatic rings. The lowest BCUT2D eigenvalue weighted by Gasteiger charge is -2.29. The Kier molecular flexibility index (Phi) is 6.64. The molecule has 0 fully saturated rings. The number of aryl methyl sites for hydroxylation is 2. The highest BCUT2D eigenvalue weighted by molar-refractivity contribution is 7.89. The van der Waals surface area contributed by atoms with E-state index in [-0.39, 0.29) is 23.8 Å². The highest BCUT2D eigenvalue weighted by Gasteiger charge is 2.18. The Bertz CT molecular complexity index is 1220. The summed E-state index contributed by atoms with van der Waals surface area (Å²) in [5.41, 5.74) is 5.16. The van der Waals surface area contributed by atoms with E-state index in [1.165, 1.54) is 10.4 Å². The van der Waals surface area contributed by atoms with Gasteiger partial charge in [-0.05, 0) is 84.8 Å². The summed E-state index contributed by atoms with van der Waals surface area (Å²) < 4.78 is 27.4. The van der Waals surface area contributed by atoms with Gasteiger partial charge >= 0.3 is 0 Å². The number of hydrogen-bond donors (Lipinski definition) is 2. The Morgan fingerprint density at radius 1 is 1.06 bits per heavy atom. The molecule has 2 N–H and O–H groups in total. The number of carbonyl (C=O) groups is 1. The van der Waals surface area contributed by atoms with Gasteiger partial charge in [0.15, 0.2) is 0 Å². The van der Waals surface area contributed by atoms with Crippen LogP contribution in [0.15, 0.2) is 58.8 Å². The first-order valence-electron chi connectivity index (χ1n) is 10.6. The number of rotatable bonds is 7. The Labute approximate surface area is 193 Å². The van der Waals surface area contributed by atoms with Gasteiger partial charge in [0.25, 0.3) is 0 Å². The van der Waals surface area contributed by atoms with Crippen molar-refractivity contribution in [1.82, 2.24) is 4.72 Å². The van der Waals surface area contributed by atoms with Crippen molar-refractivity contribution in [3.8, 4) is 0 Å². The number of carbonyl (C=O) groups excluding carboxylic acids is 1. The van der Waals surface area contributed by atoms with E-state index in [9.17, 15) is 13.2 Å². The van der Waals surface area contributed by atoms with Gasteiger partial charge in [-0.1, -0.05) is 6.07 Å². The summed E-state index contributed by atoms with van der Waals surface area (Å²) in [6, 6.07) is 15.0. The normalized spacial score (nSPS) is 13.6. The summed E-state index contributed by atoms with van der Waals surface area (Å²) in [6.45, 7) is 5.74. The van der Waals surface area contributed by atoms with Gasteiger partial charge in [-0.2, -0.15) is 0 Å². The molecule has 0 spiro atoms. The second-order valence-electron chi connectivity index (χ2n) is 8.03. The standard InChI is InChI=1S/C24H27N3O3S2/c1-17-3-8-22(15-18(17)2)32(29,30)25-12-9-24(28)26-20-4-6-21(7-5-20)27-13-10-23-19(16-27)11-14-31-23/h3-8,11,14-15,25H,9-10,12-13,16H2,1-2H3,(H,26,28). The highest BCUT2D eigenvalue weighted by Crippen LogP contribution is 2.28. The summed E-state index contributed by atoms with van der Waals surface area (Å²) in [6.07, 6.45) is 1.11. The van der Waals surface area contributed by atoms with Crippen molar-refractivity contribution >= 4 is 38.6 Å². The van der Waals surface area contributed by atoms with E-state index in [4.69, 9.17) is 0 Å². The number of anilines is 2. The van der Waals surface area contributed by atoms with E-state index in [1.54, 1.807) is 18.2 Å². The minimum Gasteiger partial charge on any atom is -0.367 e. The van der Waals surface area contributed by atoms with Crippen LogP contribution in [0.3, 0.4) is 0 Å². The molecule has 1 aliphatic heterocycles. The van der Waals surface area contributed by atoms with Crippen molar-refractivity contribution < 1.29 is 13.2 Å². The molecule has 0 unspecified atom stereocenters. The van der Waals surface area contributed by atoms with E-state index in [2.05, 4.69) is 26.4 Å². The third kappa shape index (κ3) is 5.20. The second-order valence-corrected chi connectivity index (χ2v) is 10.8. The molecule has 8 heteroatoms. The van der Waals surface area contributed by atoms with Crippen LogP contribution in [-0.2, 0) is 27.8 Å². The van der Waals surface area contributed by atoms with Gasteiger partial charge in [0.1, 0.15) is 0 Å². The molecule has 6 nitrogen and oxygen atoms in total. The van der Waals surface area contributed by atoms with Crippen LogP contribution >= 0.6 is 11.3 Å². The molecule has 0 radical (unpaired) electrons. The number of benzene rings is 2. The number of nitrogens with one attached hydrogen (secondary N) is 2. The van der Waals surface area contributed by atoms with Crippen LogP contribution in [0.1, 0.15) is 28.0 Å². The van der Waals surface area contributed by atoms with Gasteiger partial charge in [0.05, 0.1) is 4.90 Å². The van der Waals surface area contributed by atoms with Crippen LogP contribution < -0.4 is 14.9 Å². The lowest BCUT2D eigenvalue weighted by atomic mass is 10.1. The molecule has 0 atom stereocenters. The zero-order valence-corrected chi connectivity index (χ0v) is 19.9. The minimum absolute atomic E-state index is 0.0376. The molecule has 0 saturated heterocycles. The van der Waals surface area contributed by atoms with Crippen LogP contribution in [0.5, 0.6) is 0 Å². The predicted octanol–water partition coefficient (Wildman–Crippen LogP) is 4.23. The molecule has 2 aromatic carbocycles. The van der Waals surface area contributed by atoms with Crippen molar-refractivity contribution in [2.75, 3.05) is 23.3 Å². The lowest BCUT2D eigenvalue weighted by Crippen LogP contribution is -2.29. The van der Waals surface area contributed by atoms with Crippen molar-refractivity contribution in [3.05, 3.63) is 75.5 Å². The Balaban J connectivity index is 1.27. The zero-order valence-electron chi connectivity index (χ0n) is 18.2. The maximum atomic E-state index is 12.4. The summed E-state index contributed by atoms with van der Waals surface area (Å²) >= 11 is 1.82. The average Bonchev–Trinajstić information content (AvgIpc) is 3.24. The zero-order chi connectivity index (χ0) is 22.7. The topological polar surface area (TPSA) is 78.5 Å². The fourth-order valence-corrected chi connectivity index (χ4v) is 5.72. The molecular weight excluding hydrogens is 442 g/mol. The average molecular weight is 470 g/mol. The van der Waals surface area contributed by atoms with Crippen molar-refractivity contribution in [2.24, 2.45) is 0 Å². The van der Waals surface area contributed by atoms with E-state index in [1.807, 2.05) is 49.4 Å². The van der Waals surface area contributed by atoms with Crippen LogP contribution in [0.4, 0.5) is 11.4 Å². The maximum absolute atomic E-state index is 12.4. The molecule has 0 aliphatic carbocycles. The largest absolute Gasteiger partial charge is 0.367 e. The number of thiophene rings is 1. The van der Waals surface area contributed by atoms with E-state index in [0.29, 0.717) is 5.69 Å². The van der Waals surface area contributed by atoms with Crippen molar-refractivity contribution in [1.29, 1.82) is 0 Å². The fraction of sp³-hybridized carbons (Fsp3) is 0.292. The quantitative estimate of drug-likeness (QED) is 0.543. The summed E-state index contributed by atoms with van der Waals surface area (Å²) in [5, 5.41) is 4.98. The molecule has 0 saturated carbocycles. The first-order valence-corrected chi connectivity index (χ1v) is 13.0. The number of nitrogens with zero attached hydrogens (tertiary/aromatic N) is 1. The Hall–Kier alpha value is -2.68. The molecule has 2 heterocycles. The number of sulfonamides is 1. The number of hydrogen-bond acceptors (Lipinski definition) is 5. The minimum atomic E-state index is -3.64. The van der Waals surface area contributed by atoms with Crippen molar-refractivity contribution in [3.63, 3.8) is 0 Å². The van der Waals surface area contributed by atoms with E-state index in [0.717, 1.165) is 36.3 Å². The molecular formula is C24H27N3O3S2. The lowest BCUT2D eigenvalue weighted by molar-refractivity contribution is -0.116. The summed E-state index contributed by atoms with van der Waals surface area (Å²) in [7, 11) is -3.64. The Morgan fingerprint density at radius 2 is 1.84 bits per heavy atom. The van der Waals surface area contributed by atoms with E-state index < -0.39 is 10.0 Å². The molecule has 1 aromatic heterocycles. The van der Waals surface area contributed by atoms with Gasteiger partial charge in [0.2, 0.25) is 15.9 Å². The summed E-state index contributed by atoms with van der Waals surface area (Å²) in [5.74, 6) is -0.235. The number of amides is 1. The van der Waals surface area contributed by atoms with Crippen LogP contribution in [0.25, 0.3) is 0 Å². The third-order valence-corrected chi connectivity index (χ3v) is 8.24. The van der Waals surface area contributed by atoms with Gasteiger partial charge in [-0.15, -0.1) is 11.3 Å². The van der Waals surface area contributed by atoms with Crippen LogP contribution in [0.2, 0.25) is 0 Å². The molecule has 4 rings (SSSR count). The second kappa shape index (κ2) is 9.44. The predicted molar refractivity (Wildman–Crippen MR) is 130 cm³/mol. The molecule has 168 valence electrons.